The third-order valence-electron chi connectivity index (χ3n) is 3.20. The van der Waals surface area contributed by atoms with E-state index in [-0.39, 0.29) is 37.3 Å². The fraction of sp³-hybridized carbons (Fsp3) is 0.786. The van der Waals surface area contributed by atoms with Gasteiger partial charge in [0.05, 0.1) is 25.7 Å². The second kappa shape index (κ2) is 8.61. The van der Waals surface area contributed by atoms with Gasteiger partial charge in [-0.05, 0) is 20.3 Å². The van der Waals surface area contributed by atoms with Crippen molar-refractivity contribution in [2.45, 2.75) is 51.6 Å². The van der Waals surface area contributed by atoms with E-state index in [1.807, 2.05) is 13.8 Å². The first-order chi connectivity index (χ1) is 9.90. The zero-order chi connectivity index (χ0) is 15.8. The highest BCUT2D eigenvalue weighted by molar-refractivity contribution is 5.80. The number of morpholine rings is 1. The molecule has 7 nitrogen and oxygen atoms in total. The molecular formula is C14H24N2O5. The van der Waals surface area contributed by atoms with Crippen molar-refractivity contribution in [3.05, 3.63) is 0 Å². The van der Waals surface area contributed by atoms with E-state index in [1.165, 1.54) is 0 Å². The van der Waals surface area contributed by atoms with E-state index in [0.29, 0.717) is 26.0 Å². The average Bonchev–Trinajstić information content (AvgIpc) is 2.37. The van der Waals surface area contributed by atoms with E-state index in [2.05, 4.69) is 5.32 Å². The number of hydrogen-bond donors (Lipinski definition) is 2. The van der Waals surface area contributed by atoms with E-state index >= 15 is 0 Å². The monoisotopic (exact) mass is 300 g/mol. The van der Waals surface area contributed by atoms with E-state index in [4.69, 9.17) is 9.84 Å². The molecule has 1 atom stereocenters. The Morgan fingerprint density at radius 3 is 2.67 bits per heavy atom. The molecule has 7 heteroatoms. The molecule has 1 aliphatic heterocycles. The summed E-state index contributed by atoms with van der Waals surface area (Å²) in [5.74, 6) is -1.12. The number of carbonyl (C=O) groups is 3. The Morgan fingerprint density at radius 1 is 1.33 bits per heavy atom. The molecule has 0 bridgehead atoms. The van der Waals surface area contributed by atoms with Crippen LogP contribution in [0.25, 0.3) is 0 Å². The minimum Gasteiger partial charge on any atom is -0.481 e. The summed E-state index contributed by atoms with van der Waals surface area (Å²) < 4.78 is 5.23. The Bertz CT molecular complexity index is 384. The lowest BCUT2D eigenvalue weighted by molar-refractivity contribution is -0.146. The van der Waals surface area contributed by atoms with Gasteiger partial charge in [-0.25, -0.2) is 0 Å². The van der Waals surface area contributed by atoms with Crippen LogP contribution in [0.3, 0.4) is 0 Å². The number of carbonyl (C=O) groups excluding carboxylic acids is 2. The van der Waals surface area contributed by atoms with E-state index in [1.54, 1.807) is 4.90 Å². The first-order valence-electron chi connectivity index (χ1n) is 7.28. The van der Waals surface area contributed by atoms with Crippen LogP contribution in [0, 0.1) is 0 Å². The van der Waals surface area contributed by atoms with Crippen LogP contribution in [0.4, 0.5) is 0 Å². The third-order valence-corrected chi connectivity index (χ3v) is 3.20. The molecule has 0 aliphatic carbocycles. The first kappa shape index (κ1) is 17.4. The van der Waals surface area contributed by atoms with Gasteiger partial charge < -0.3 is 20.1 Å². The predicted molar refractivity (Wildman–Crippen MR) is 75.7 cm³/mol. The molecule has 0 spiro atoms. The zero-order valence-corrected chi connectivity index (χ0v) is 12.6. The van der Waals surface area contributed by atoms with Gasteiger partial charge in [-0.3, -0.25) is 14.4 Å². The Morgan fingerprint density at radius 2 is 2.05 bits per heavy atom. The third kappa shape index (κ3) is 6.57. The quantitative estimate of drug-likeness (QED) is 0.709. The molecule has 0 radical (unpaired) electrons. The molecule has 1 fully saturated rings. The molecule has 1 heterocycles. The molecular weight excluding hydrogens is 276 g/mol. The van der Waals surface area contributed by atoms with Crippen molar-refractivity contribution < 1.29 is 24.2 Å². The highest BCUT2D eigenvalue weighted by Crippen LogP contribution is 2.13. The van der Waals surface area contributed by atoms with Gasteiger partial charge in [0, 0.05) is 25.4 Å². The van der Waals surface area contributed by atoms with Crippen LogP contribution in [0.1, 0.15) is 39.5 Å². The van der Waals surface area contributed by atoms with E-state index in [9.17, 15) is 14.4 Å². The van der Waals surface area contributed by atoms with E-state index < -0.39 is 12.0 Å². The maximum atomic E-state index is 12.1. The first-order valence-corrected chi connectivity index (χ1v) is 7.28. The zero-order valence-electron chi connectivity index (χ0n) is 12.6. The van der Waals surface area contributed by atoms with Crippen molar-refractivity contribution in [1.82, 2.24) is 10.2 Å². The summed E-state index contributed by atoms with van der Waals surface area (Å²) in [6.45, 7) is 4.86. The van der Waals surface area contributed by atoms with Gasteiger partial charge >= 0.3 is 5.97 Å². The maximum absolute atomic E-state index is 12.1. The summed E-state index contributed by atoms with van der Waals surface area (Å²) >= 11 is 0. The van der Waals surface area contributed by atoms with Gasteiger partial charge in [-0.15, -0.1) is 0 Å². The van der Waals surface area contributed by atoms with Crippen LogP contribution in [-0.2, 0) is 19.1 Å². The van der Waals surface area contributed by atoms with Crippen LogP contribution in [-0.4, -0.2) is 59.6 Å². The van der Waals surface area contributed by atoms with Gasteiger partial charge in [-0.2, -0.15) is 0 Å². The number of aliphatic carboxylic acids is 1. The average molecular weight is 300 g/mol. The number of carboxylic acid groups (broad SMARTS) is 1. The molecule has 0 aromatic heterocycles. The second-order valence-electron chi connectivity index (χ2n) is 5.49. The lowest BCUT2D eigenvalue weighted by Gasteiger charge is -2.35. The smallest absolute Gasteiger partial charge is 0.305 e. The Balaban J connectivity index is 2.38. The van der Waals surface area contributed by atoms with Crippen molar-refractivity contribution in [2.75, 3.05) is 19.8 Å². The van der Waals surface area contributed by atoms with E-state index in [0.717, 1.165) is 0 Å². The number of nitrogens with one attached hydrogen (secondary N) is 1. The Hall–Kier alpha value is -1.63. The van der Waals surface area contributed by atoms with Crippen LogP contribution in [0.15, 0.2) is 0 Å². The van der Waals surface area contributed by atoms with Crippen LogP contribution >= 0.6 is 0 Å². The summed E-state index contributed by atoms with van der Waals surface area (Å²) in [6.07, 6.45) is 0.910. The van der Waals surface area contributed by atoms with Gasteiger partial charge in [0.25, 0.3) is 0 Å². The molecule has 0 saturated carbocycles. The number of amides is 2. The number of hydrogen-bond acceptors (Lipinski definition) is 4. The summed E-state index contributed by atoms with van der Waals surface area (Å²) in [5, 5.41) is 11.6. The number of nitrogens with zero attached hydrogens (tertiary/aromatic N) is 1. The molecule has 1 unspecified atom stereocenters. The Labute approximate surface area is 124 Å². The molecule has 1 rings (SSSR count). The van der Waals surface area contributed by atoms with Crippen molar-refractivity contribution in [3.63, 3.8) is 0 Å². The summed E-state index contributed by atoms with van der Waals surface area (Å²) in [7, 11) is 0. The molecule has 1 saturated heterocycles. The van der Waals surface area contributed by atoms with Crippen LogP contribution in [0.5, 0.6) is 0 Å². The second-order valence-corrected chi connectivity index (χ2v) is 5.49. The fourth-order valence-electron chi connectivity index (χ4n) is 2.29. The van der Waals surface area contributed by atoms with Crippen molar-refractivity contribution in [3.8, 4) is 0 Å². The normalized spacial score (nSPS) is 18.6. The van der Waals surface area contributed by atoms with Crippen LogP contribution in [0.2, 0.25) is 0 Å². The lowest BCUT2D eigenvalue weighted by Crippen LogP contribution is -2.49. The molecule has 2 amide bonds. The summed E-state index contributed by atoms with van der Waals surface area (Å²) in [6, 6.07) is -0.319. The highest BCUT2D eigenvalue weighted by atomic mass is 16.5. The van der Waals surface area contributed by atoms with Gasteiger partial charge in [0.15, 0.2) is 0 Å². The molecule has 120 valence electrons. The molecule has 2 N–H and O–H groups in total. The van der Waals surface area contributed by atoms with Gasteiger partial charge in [0.1, 0.15) is 0 Å². The predicted octanol–water partition coefficient (Wildman–Crippen LogP) is 0.383. The largest absolute Gasteiger partial charge is 0.481 e. The lowest BCUT2D eigenvalue weighted by atomic mass is 10.1. The van der Waals surface area contributed by atoms with Crippen molar-refractivity contribution in [2.24, 2.45) is 0 Å². The van der Waals surface area contributed by atoms with Crippen molar-refractivity contribution in [1.29, 1.82) is 0 Å². The summed E-state index contributed by atoms with van der Waals surface area (Å²) in [4.78, 5) is 36.0. The maximum Gasteiger partial charge on any atom is 0.305 e. The molecule has 21 heavy (non-hydrogen) atoms. The molecule has 0 aromatic rings. The molecule has 1 aliphatic rings. The fourth-order valence-corrected chi connectivity index (χ4v) is 2.29. The number of carboxylic acids is 1. The topological polar surface area (TPSA) is 95.9 Å². The highest BCUT2D eigenvalue weighted by Gasteiger charge is 2.28. The summed E-state index contributed by atoms with van der Waals surface area (Å²) in [5.41, 5.74) is 0. The van der Waals surface area contributed by atoms with Gasteiger partial charge in [0.2, 0.25) is 11.8 Å². The Kier molecular flexibility index (Phi) is 7.14. The number of rotatable bonds is 7. The molecule has 0 aromatic carbocycles. The number of ether oxygens (including phenoxy) is 1. The standard InChI is InChI=1S/C14H24N2O5/c1-10(2)15-12(17)4-3-5-13(18)16-6-7-21-9-11(16)8-14(19)20/h10-11H,3-9H2,1-2H3,(H,15,17)(H,19,20). The van der Waals surface area contributed by atoms with Crippen molar-refractivity contribution >= 4 is 17.8 Å². The van der Waals surface area contributed by atoms with Crippen LogP contribution < -0.4 is 5.32 Å². The minimum absolute atomic E-state index is 0.0677. The minimum atomic E-state index is -0.945. The van der Waals surface area contributed by atoms with Gasteiger partial charge in [-0.1, -0.05) is 0 Å². The SMILES string of the molecule is CC(C)NC(=O)CCCC(=O)N1CCOCC1CC(=O)O.